The fraction of sp³-hybridized carbons (Fsp3) is 0.250. The van der Waals surface area contributed by atoms with Gasteiger partial charge >= 0.3 is 6.03 Å². The fourth-order valence-electron chi connectivity index (χ4n) is 2.47. The maximum Gasteiger partial charge on any atom is 0.319 e. The minimum absolute atomic E-state index is 0.0382. The summed E-state index contributed by atoms with van der Waals surface area (Å²) >= 11 is 3.26. The Bertz CT molecular complexity index is 773. The molecular weight excluding hydrogens is 314 g/mol. The number of hydrogen-bond donors (Lipinski definition) is 2. The molecule has 2 amide bonds. The summed E-state index contributed by atoms with van der Waals surface area (Å²) in [6, 6.07) is 11.9. The monoisotopic (exact) mass is 329 g/mol. The van der Waals surface area contributed by atoms with E-state index in [1.165, 1.54) is 16.0 Å². The van der Waals surface area contributed by atoms with Gasteiger partial charge in [-0.05, 0) is 42.5 Å². The molecule has 0 atom stereocenters. The molecule has 4 rings (SSSR count). The summed E-state index contributed by atoms with van der Waals surface area (Å²) in [4.78, 5) is 16.7. The van der Waals surface area contributed by atoms with Crippen LogP contribution in [-0.4, -0.2) is 17.6 Å². The van der Waals surface area contributed by atoms with Crippen molar-refractivity contribution in [3.63, 3.8) is 0 Å². The van der Waals surface area contributed by atoms with Crippen LogP contribution in [0.4, 0.5) is 9.80 Å². The van der Waals surface area contributed by atoms with Gasteiger partial charge in [0.25, 0.3) is 0 Å². The number of carbonyl (C=O) groups excluding carboxylic acids is 1. The van der Waals surface area contributed by atoms with E-state index in [-0.39, 0.29) is 11.4 Å². The zero-order valence-electron chi connectivity index (χ0n) is 11.8. The number of carbonyl (C=O) groups is 1. The second kappa shape index (κ2) is 5.37. The van der Waals surface area contributed by atoms with Gasteiger partial charge in [0, 0.05) is 12.0 Å². The Hall–Kier alpha value is -1.92. The molecule has 112 valence electrons. The van der Waals surface area contributed by atoms with E-state index < -0.39 is 0 Å². The van der Waals surface area contributed by atoms with Crippen LogP contribution >= 0.6 is 22.7 Å². The predicted octanol–water partition coefficient (Wildman–Crippen LogP) is 4.21. The number of benzene rings is 1. The third kappa shape index (κ3) is 2.60. The van der Waals surface area contributed by atoms with E-state index in [4.69, 9.17) is 4.98 Å². The number of urea groups is 1. The number of anilines is 1. The highest BCUT2D eigenvalue weighted by atomic mass is 32.1. The first-order valence-electron chi connectivity index (χ1n) is 7.20. The molecule has 22 heavy (non-hydrogen) atoms. The Labute approximate surface area is 136 Å². The zero-order valence-corrected chi connectivity index (χ0v) is 13.5. The average molecular weight is 329 g/mol. The van der Waals surface area contributed by atoms with Crippen LogP contribution in [0.1, 0.15) is 17.8 Å². The van der Waals surface area contributed by atoms with Gasteiger partial charge in [0.2, 0.25) is 0 Å². The predicted molar refractivity (Wildman–Crippen MR) is 91.9 cm³/mol. The number of nitrogens with zero attached hydrogens (tertiary/aromatic N) is 1. The summed E-state index contributed by atoms with van der Waals surface area (Å²) in [5, 5.41) is 9.79. The quantitative estimate of drug-likeness (QED) is 0.753. The van der Waals surface area contributed by atoms with Gasteiger partial charge in [-0.1, -0.05) is 12.1 Å². The van der Waals surface area contributed by atoms with E-state index in [1.54, 1.807) is 11.3 Å². The van der Waals surface area contributed by atoms with Crippen molar-refractivity contribution in [3.05, 3.63) is 46.8 Å². The van der Waals surface area contributed by atoms with Crippen molar-refractivity contribution in [2.45, 2.75) is 18.3 Å². The normalized spacial score (nSPS) is 15.6. The SMILES string of the molecule is O=C(NCC1(c2nc3ccccc3s2)CC1)Nc1cccs1. The second-order valence-electron chi connectivity index (χ2n) is 5.55. The Kier molecular flexibility index (Phi) is 3.35. The van der Waals surface area contributed by atoms with Crippen LogP contribution in [0.15, 0.2) is 41.8 Å². The third-order valence-corrected chi connectivity index (χ3v) is 6.01. The van der Waals surface area contributed by atoms with Gasteiger partial charge in [0.05, 0.1) is 15.2 Å². The molecule has 2 aromatic heterocycles. The zero-order chi connectivity index (χ0) is 15.0. The number of amides is 2. The number of para-hydroxylation sites is 1. The van der Waals surface area contributed by atoms with E-state index in [0.29, 0.717) is 6.54 Å². The minimum atomic E-state index is -0.144. The van der Waals surface area contributed by atoms with Crippen molar-refractivity contribution in [1.29, 1.82) is 0 Å². The summed E-state index contributed by atoms with van der Waals surface area (Å²) in [6.07, 6.45) is 2.18. The van der Waals surface area contributed by atoms with Gasteiger partial charge in [-0.3, -0.25) is 5.32 Å². The lowest BCUT2D eigenvalue weighted by atomic mass is 10.1. The molecule has 0 radical (unpaired) electrons. The van der Waals surface area contributed by atoms with Gasteiger partial charge in [-0.25, -0.2) is 9.78 Å². The highest BCUT2D eigenvalue weighted by Gasteiger charge is 2.47. The van der Waals surface area contributed by atoms with Crippen LogP contribution < -0.4 is 10.6 Å². The standard InChI is InChI=1S/C16H15N3OS2/c20-15(19-13-6-3-9-21-13)17-10-16(7-8-16)14-18-11-4-1-2-5-12(11)22-14/h1-6,9H,7-8,10H2,(H2,17,19,20). The topological polar surface area (TPSA) is 54.0 Å². The highest BCUT2D eigenvalue weighted by molar-refractivity contribution is 7.18. The fourth-order valence-corrected chi connectivity index (χ4v) is 4.29. The largest absolute Gasteiger partial charge is 0.337 e. The Morgan fingerprint density at radius 1 is 1.23 bits per heavy atom. The summed E-state index contributed by atoms with van der Waals surface area (Å²) in [5.41, 5.74) is 1.09. The first-order valence-corrected chi connectivity index (χ1v) is 8.89. The first-order chi connectivity index (χ1) is 10.8. The van der Waals surface area contributed by atoms with Crippen molar-refractivity contribution in [2.24, 2.45) is 0 Å². The lowest BCUT2D eigenvalue weighted by Gasteiger charge is -2.13. The van der Waals surface area contributed by atoms with Crippen molar-refractivity contribution < 1.29 is 4.79 Å². The number of fused-ring (bicyclic) bond motifs is 1. The van der Waals surface area contributed by atoms with E-state index in [1.807, 2.05) is 35.7 Å². The van der Waals surface area contributed by atoms with Crippen LogP contribution in [0.25, 0.3) is 10.2 Å². The third-order valence-electron chi connectivity index (χ3n) is 3.95. The van der Waals surface area contributed by atoms with Crippen molar-refractivity contribution in [3.8, 4) is 0 Å². The first kappa shape index (κ1) is 13.7. The molecule has 4 nitrogen and oxygen atoms in total. The molecule has 1 saturated carbocycles. The molecule has 1 aromatic carbocycles. The second-order valence-corrected chi connectivity index (χ2v) is 7.53. The van der Waals surface area contributed by atoms with Crippen LogP contribution in [0.5, 0.6) is 0 Å². The number of hydrogen-bond acceptors (Lipinski definition) is 4. The lowest BCUT2D eigenvalue weighted by molar-refractivity contribution is 0.251. The molecule has 6 heteroatoms. The summed E-state index contributed by atoms with van der Waals surface area (Å²) in [6.45, 7) is 0.643. The summed E-state index contributed by atoms with van der Waals surface area (Å²) < 4.78 is 1.21. The molecule has 2 heterocycles. The van der Waals surface area contributed by atoms with E-state index in [0.717, 1.165) is 28.4 Å². The molecule has 0 aliphatic heterocycles. The number of nitrogens with one attached hydrogen (secondary N) is 2. The lowest BCUT2D eigenvalue weighted by Crippen LogP contribution is -2.35. The van der Waals surface area contributed by atoms with Gasteiger partial charge in [0.15, 0.2) is 0 Å². The number of thiophene rings is 1. The summed E-state index contributed by atoms with van der Waals surface area (Å²) in [5.74, 6) is 0. The van der Waals surface area contributed by atoms with E-state index >= 15 is 0 Å². The minimum Gasteiger partial charge on any atom is -0.337 e. The number of thiazole rings is 1. The number of aromatic nitrogens is 1. The van der Waals surface area contributed by atoms with E-state index in [9.17, 15) is 4.79 Å². The molecule has 1 fully saturated rings. The summed E-state index contributed by atoms with van der Waals surface area (Å²) in [7, 11) is 0. The molecular formula is C16H15N3OS2. The maximum absolute atomic E-state index is 12.0. The number of rotatable bonds is 4. The molecule has 0 bridgehead atoms. The van der Waals surface area contributed by atoms with Crippen LogP contribution in [0.3, 0.4) is 0 Å². The molecule has 0 spiro atoms. The molecule has 1 aliphatic carbocycles. The molecule has 1 aliphatic rings. The van der Waals surface area contributed by atoms with Crippen LogP contribution in [0, 0.1) is 0 Å². The van der Waals surface area contributed by atoms with Crippen LogP contribution in [0.2, 0.25) is 0 Å². The smallest absolute Gasteiger partial charge is 0.319 e. The molecule has 2 N–H and O–H groups in total. The molecule has 0 saturated heterocycles. The van der Waals surface area contributed by atoms with Crippen molar-refractivity contribution in [1.82, 2.24) is 10.3 Å². The maximum atomic E-state index is 12.0. The Balaban J connectivity index is 1.44. The highest BCUT2D eigenvalue weighted by Crippen LogP contribution is 2.49. The van der Waals surface area contributed by atoms with E-state index in [2.05, 4.69) is 16.7 Å². The Morgan fingerprint density at radius 2 is 2.09 bits per heavy atom. The van der Waals surface area contributed by atoms with Gasteiger partial charge in [0.1, 0.15) is 5.01 Å². The van der Waals surface area contributed by atoms with Crippen molar-refractivity contribution >= 4 is 43.9 Å². The average Bonchev–Trinajstić information content (AvgIpc) is 2.95. The van der Waals surface area contributed by atoms with Crippen LogP contribution in [-0.2, 0) is 5.41 Å². The van der Waals surface area contributed by atoms with Gasteiger partial charge in [-0.2, -0.15) is 0 Å². The Morgan fingerprint density at radius 3 is 2.82 bits per heavy atom. The molecule has 0 unspecified atom stereocenters. The molecule has 3 aromatic rings. The van der Waals surface area contributed by atoms with Crippen molar-refractivity contribution in [2.75, 3.05) is 11.9 Å². The van der Waals surface area contributed by atoms with Gasteiger partial charge in [-0.15, -0.1) is 22.7 Å². The van der Waals surface area contributed by atoms with Gasteiger partial charge < -0.3 is 5.32 Å².